The minimum absolute atomic E-state index is 0.750. The average Bonchev–Trinajstić information content (AvgIpc) is 3.00. The van der Waals surface area contributed by atoms with Gasteiger partial charge in [-0.05, 0) is 37.6 Å². The molecule has 0 fully saturated rings. The van der Waals surface area contributed by atoms with Gasteiger partial charge in [0.15, 0.2) is 0 Å². The Kier molecular flexibility index (Phi) is 3.66. The number of allylic oxidation sites excluding steroid dienone is 1. The molecule has 0 unspecified atom stereocenters. The van der Waals surface area contributed by atoms with Gasteiger partial charge in [-0.2, -0.15) is 0 Å². The van der Waals surface area contributed by atoms with Gasteiger partial charge < -0.3 is 0 Å². The number of anilines is 1. The Labute approximate surface area is 147 Å². The maximum absolute atomic E-state index is 6.51. The first-order chi connectivity index (χ1) is 11.6. The number of fused-ring (bicyclic) bond motifs is 1. The van der Waals surface area contributed by atoms with Crippen molar-refractivity contribution in [2.24, 2.45) is 4.99 Å². The molecule has 24 heavy (non-hydrogen) atoms. The summed E-state index contributed by atoms with van der Waals surface area (Å²) in [5.41, 5.74) is 5.69. The van der Waals surface area contributed by atoms with Gasteiger partial charge in [0.1, 0.15) is 5.82 Å². The highest BCUT2D eigenvalue weighted by Crippen LogP contribution is 2.39. The minimum Gasteiger partial charge on any atom is -0.274 e. The van der Waals surface area contributed by atoms with Gasteiger partial charge in [0.25, 0.3) is 0 Å². The van der Waals surface area contributed by atoms with Gasteiger partial charge in [0.05, 0.1) is 23.0 Å². The van der Waals surface area contributed by atoms with E-state index in [2.05, 4.69) is 65.3 Å². The molecule has 2 aliphatic rings. The third kappa shape index (κ3) is 2.42. The lowest BCUT2D eigenvalue weighted by Gasteiger charge is -2.36. The number of hydrogen-bond acceptors (Lipinski definition) is 3. The van der Waals surface area contributed by atoms with Crippen LogP contribution in [0.5, 0.6) is 0 Å². The smallest absolute Gasteiger partial charge is 0.149 e. The largest absolute Gasteiger partial charge is 0.274 e. The van der Waals surface area contributed by atoms with Crippen LogP contribution in [0.25, 0.3) is 5.70 Å². The summed E-state index contributed by atoms with van der Waals surface area (Å²) < 4.78 is 0. The molecule has 0 bridgehead atoms. The van der Waals surface area contributed by atoms with Crippen molar-refractivity contribution in [1.82, 2.24) is 5.01 Å². The van der Waals surface area contributed by atoms with E-state index >= 15 is 0 Å². The first-order valence-corrected chi connectivity index (χ1v) is 8.37. The van der Waals surface area contributed by atoms with Crippen LogP contribution in [0.3, 0.4) is 0 Å². The van der Waals surface area contributed by atoms with Gasteiger partial charge >= 0.3 is 0 Å². The Balaban J connectivity index is 1.79. The molecule has 0 spiro atoms. The Bertz CT molecular complexity index is 858. The van der Waals surface area contributed by atoms with Crippen molar-refractivity contribution in [2.75, 3.05) is 11.6 Å². The molecule has 0 amide bonds. The fourth-order valence-electron chi connectivity index (χ4n) is 3.16. The first kappa shape index (κ1) is 15.0. The maximum atomic E-state index is 6.51. The van der Waals surface area contributed by atoms with Crippen LogP contribution in [0.15, 0.2) is 65.4 Å². The van der Waals surface area contributed by atoms with Crippen molar-refractivity contribution in [3.8, 4) is 0 Å². The topological polar surface area (TPSA) is 18.8 Å². The van der Waals surface area contributed by atoms with Crippen LogP contribution in [0, 0.1) is 13.8 Å². The summed E-state index contributed by atoms with van der Waals surface area (Å²) in [6.07, 6.45) is 6.04. The number of benzene rings is 2. The molecular weight excluding hydrogens is 318 g/mol. The summed E-state index contributed by atoms with van der Waals surface area (Å²) in [5.74, 6) is 0.937. The van der Waals surface area contributed by atoms with Crippen molar-refractivity contribution >= 4 is 29.2 Å². The van der Waals surface area contributed by atoms with Gasteiger partial charge in [0.2, 0.25) is 0 Å². The fourth-order valence-corrected chi connectivity index (χ4v) is 3.48. The number of aliphatic imine (C=N–C) groups is 1. The molecule has 120 valence electrons. The lowest BCUT2D eigenvalue weighted by atomic mass is 10.1. The highest BCUT2D eigenvalue weighted by atomic mass is 35.5. The van der Waals surface area contributed by atoms with E-state index in [1.54, 1.807) is 0 Å². The monoisotopic (exact) mass is 335 g/mol. The van der Waals surface area contributed by atoms with Crippen LogP contribution in [0.2, 0.25) is 5.02 Å². The lowest BCUT2D eigenvalue weighted by molar-refractivity contribution is 0.485. The van der Waals surface area contributed by atoms with Crippen LogP contribution in [0.4, 0.5) is 5.69 Å². The summed E-state index contributed by atoms with van der Waals surface area (Å²) in [7, 11) is 0. The Morgan fingerprint density at radius 3 is 2.58 bits per heavy atom. The van der Waals surface area contributed by atoms with E-state index in [1.807, 2.05) is 24.4 Å². The zero-order chi connectivity index (χ0) is 16.7. The van der Waals surface area contributed by atoms with Crippen molar-refractivity contribution in [3.63, 3.8) is 0 Å². The highest BCUT2D eigenvalue weighted by molar-refractivity contribution is 6.33. The summed E-state index contributed by atoms with van der Waals surface area (Å²) >= 11 is 6.51. The third-order valence-corrected chi connectivity index (χ3v) is 4.67. The van der Waals surface area contributed by atoms with Gasteiger partial charge in [-0.25, -0.2) is 10.0 Å². The molecule has 2 aromatic carbocycles. The van der Waals surface area contributed by atoms with Crippen molar-refractivity contribution in [2.45, 2.75) is 13.8 Å². The number of hydrogen-bond donors (Lipinski definition) is 0. The number of aryl methyl sites for hydroxylation is 2. The number of nitrogens with zero attached hydrogens (tertiary/aromatic N) is 3. The van der Waals surface area contributed by atoms with Gasteiger partial charge in [-0.3, -0.25) is 5.01 Å². The number of para-hydroxylation sites is 1. The van der Waals surface area contributed by atoms with E-state index in [9.17, 15) is 0 Å². The van der Waals surface area contributed by atoms with Crippen molar-refractivity contribution in [1.29, 1.82) is 0 Å². The zero-order valence-electron chi connectivity index (χ0n) is 13.7. The Morgan fingerprint density at radius 1 is 1.04 bits per heavy atom. The quantitative estimate of drug-likeness (QED) is 0.772. The van der Waals surface area contributed by atoms with Crippen LogP contribution in [0.1, 0.15) is 16.7 Å². The molecule has 0 N–H and O–H groups in total. The second kappa shape index (κ2) is 5.84. The Morgan fingerprint density at radius 2 is 1.83 bits per heavy atom. The second-order valence-corrected chi connectivity index (χ2v) is 6.46. The van der Waals surface area contributed by atoms with Crippen LogP contribution >= 0.6 is 11.6 Å². The molecule has 2 heterocycles. The molecule has 0 atom stereocenters. The molecule has 2 aliphatic heterocycles. The van der Waals surface area contributed by atoms with Crippen LogP contribution in [-0.2, 0) is 0 Å². The number of hydrazine groups is 1. The van der Waals surface area contributed by atoms with Crippen LogP contribution in [-0.4, -0.2) is 17.8 Å². The van der Waals surface area contributed by atoms with E-state index in [0.717, 1.165) is 39.9 Å². The Hall–Kier alpha value is -2.52. The summed E-state index contributed by atoms with van der Waals surface area (Å²) in [4.78, 5) is 4.52. The number of halogens is 1. The average molecular weight is 336 g/mol. The molecule has 4 rings (SSSR count). The predicted molar refractivity (Wildman–Crippen MR) is 101 cm³/mol. The molecule has 0 aromatic heterocycles. The normalized spacial score (nSPS) is 16.1. The van der Waals surface area contributed by atoms with Crippen LogP contribution < -0.4 is 5.01 Å². The number of rotatable bonds is 2. The fraction of sp³-hybridized carbons (Fsp3) is 0.150. The standard InChI is InChI=1S/C20H18ClN3/c1-14-6-8-16(9-7-14)18-10-12-22-19-11-13-23(24(18)19)20-15(2)4-3-5-17(20)21/h3-12H,13H2,1-2H3. The van der Waals surface area contributed by atoms with E-state index < -0.39 is 0 Å². The van der Waals surface area contributed by atoms with E-state index in [1.165, 1.54) is 5.56 Å². The first-order valence-electron chi connectivity index (χ1n) is 7.99. The minimum atomic E-state index is 0.750. The molecule has 0 saturated carbocycles. The van der Waals surface area contributed by atoms with E-state index in [-0.39, 0.29) is 0 Å². The highest BCUT2D eigenvalue weighted by Gasteiger charge is 2.31. The van der Waals surface area contributed by atoms with Gasteiger partial charge in [0, 0.05) is 11.8 Å². The van der Waals surface area contributed by atoms with Gasteiger partial charge in [-0.15, -0.1) is 0 Å². The molecule has 2 aromatic rings. The maximum Gasteiger partial charge on any atom is 0.149 e. The second-order valence-electron chi connectivity index (χ2n) is 6.06. The summed E-state index contributed by atoms with van der Waals surface area (Å²) in [6, 6.07) is 14.6. The van der Waals surface area contributed by atoms with E-state index in [4.69, 9.17) is 11.6 Å². The van der Waals surface area contributed by atoms with Crippen molar-refractivity contribution < 1.29 is 0 Å². The van der Waals surface area contributed by atoms with Gasteiger partial charge in [-0.1, -0.05) is 53.6 Å². The zero-order valence-corrected chi connectivity index (χ0v) is 14.5. The summed E-state index contributed by atoms with van der Waals surface area (Å²) in [5, 5.41) is 5.09. The summed E-state index contributed by atoms with van der Waals surface area (Å²) in [6.45, 7) is 4.93. The predicted octanol–water partition coefficient (Wildman–Crippen LogP) is 4.96. The SMILES string of the molecule is Cc1ccc(C2=CC=NC3=CCN(c4c(C)cccc4Cl)N32)cc1. The molecule has 3 nitrogen and oxygen atoms in total. The molecule has 4 heteroatoms. The van der Waals surface area contributed by atoms with Crippen molar-refractivity contribution in [3.05, 3.63) is 82.2 Å². The third-order valence-electron chi connectivity index (χ3n) is 4.37. The van der Waals surface area contributed by atoms with E-state index in [0.29, 0.717) is 0 Å². The lowest BCUT2D eigenvalue weighted by Crippen LogP contribution is -2.37. The molecule has 0 aliphatic carbocycles. The molecule has 0 radical (unpaired) electrons. The molecule has 0 saturated heterocycles. The molecular formula is C20H18ClN3.